The lowest BCUT2D eigenvalue weighted by Gasteiger charge is -2.10. The SMILES string of the molecule is Oc1cccc(Cl)c1CNc1ccc(Cl)c(F)c1. The zero-order valence-electron chi connectivity index (χ0n) is 9.25. The quantitative estimate of drug-likeness (QED) is 0.873. The maximum atomic E-state index is 13.2. The molecule has 0 unspecified atom stereocenters. The number of halogens is 3. The number of hydrogen-bond acceptors (Lipinski definition) is 2. The second-order valence-corrected chi connectivity index (χ2v) is 4.53. The van der Waals surface area contributed by atoms with Gasteiger partial charge in [0.1, 0.15) is 11.6 Å². The van der Waals surface area contributed by atoms with Crippen LogP contribution in [0.2, 0.25) is 10.0 Å². The molecule has 0 aromatic heterocycles. The summed E-state index contributed by atoms with van der Waals surface area (Å²) in [6, 6.07) is 9.29. The summed E-state index contributed by atoms with van der Waals surface area (Å²) in [5, 5.41) is 13.1. The molecule has 0 aliphatic carbocycles. The Hall–Kier alpha value is -1.45. The van der Waals surface area contributed by atoms with Gasteiger partial charge in [-0.25, -0.2) is 4.39 Å². The summed E-state index contributed by atoms with van der Waals surface area (Å²) in [6.45, 7) is 0.298. The molecule has 0 atom stereocenters. The molecule has 0 aliphatic heterocycles. The van der Waals surface area contributed by atoms with Gasteiger partial charge in [0.15, 0.2) is 0 Å². The van der Waals surface area contributed by atoms with E-state index in [0.717, 1.165) is 0 Å². The number of aromatic hydroxyl groups is 1. The lowest BCUT2D eigenvalue weighted by Crippen LogP contribution is -2.00. The molecule has 0 radical (unpaired) electrons. The second-order valence-electron chi connectivity index (χ2n) is 3.72. The molecular formula is C13H10Cl2FNO. The van der Waals surface area contributed by atoms with Crippen molar-refractivity contribution in [1.82, 2.24) is 0 Å². The van der Waals surface area contributed by atoms with Crippen LogP contribution in [0, 0.1) is 5.82 Å². The average Bonchev–Trinajstić information content (AvgIpc) is 2.33. The Morgan fingerprint density at radius 2 is 1.89 bits per heavy atom. The summed E-state index contributed by atoms with van der Waals surface area (Å²) in [6.07, 6.45) is 0. The largest absolute Gasteiger partial charge is 0.508 e. The van der Waals surface area contributed by atoms with Crippen molar-refractivity contribution in [2.75, 3.05) is 5.32 Å². The van der Waals surface area contributed by atoms with Crippen molar-refractivity contribution in [2.45, 2.75) is 6.54 Å². The van der Waals surface area contributed by atoms with Crippen LogP contribution in [-0.2, 0) is 6.54 Å². The van der Waals surface area contributed by atoms with E-state index in [-0.39, 0.29) is 10.8 Å². The third kappa shape index (κ3) is 2.86. The molecule has 5 heteroatoms. The molecular weight excluding hydrogens is 276 g/mol. The maximum absolute atomic E-state index is 13.2. The van der Waals surface area contributed by atoms with Gasteiger partial charge in [0.2, 0.25) is 0 Å². The number of phenols is 1. The summed E-state index contributed by atoms with van der Waals surface area (Å²) in [5.41, 5.74) is 1.13. The maximum Gasteiger partial charge on any atom is 0.143 e. The van der Waals surface area contributed by atoms with E-state index in [9.17, 15) is 9.50 Å². The molecule has 0 amide bonds. The predicted molar refractivity (Wildman–Crippen MR) is 71.9 cm³/mol. The van der Waals surface area contributed by atoms with E-state index in [1.807, 2.05) is 0 Å². The van der Waals surface area contributed by atoms with Crippen LogP contribution in [0.5, 0.6) is 5.75 Å². The van der Waals surface area contributed by atoms with Crippen LogP contribution in [0.15, 0.2) is 36.4 Å². The number of benzene rings is 2. The first-order valence-corrected chi connectivity index (χ1v) is 5.99. The molecule has 0 saturated heterocycles. The van der Waals surface area contributed by atoms with E-state index in [1.54, 1.807) is 24.3 Å². The van der Waals surface area contributed by atoms with Crippen molar-refractivity contribution in [2.24, 2.45) is 0 Å². The van der Waals surface area contributed by atoms with E-state index in [1.165, 1.54) is 12.1 Å². The normalized spacial score (nSPS) is 10.4. The first-order chi connectivity index (χ1) is 8.58. The molecule has 2 nitrogen and oxygen atoms in total. The minimum absolute atomic E-state index is 0.0705. The molecule has 18 heavy (non-hydrogen) atoms. The van der Waals surface area contributed by atoms with E-state index >= 15 is 0 Å². The number of phenolic OH excluding ortho intramolecular Hbond substituents is 1. The molecule has 2 aromatic rings. The van der Waals surface area contributed by atoms with Crippen LogP contribution in [0.1, 0.15) is 5.56 Å². The average molecular weight is 286 g/mol. The molecule has 2 rings (SSSR count). The van der Waals surface area contributed by atoms with Crippen molar-refractivity contribution >= 4 is 28.9 Å². The fourth-order valence-corrected chi connectivity index (χ4v) is 1.87. The topological polar surface area (TPSA) is 32.3 Å². The van der Waals surface area contributed by atoms with Crippen molar-refractivity contribution in [3.8, 4) is 5.75 Å². The van der Waals surface area contributed by atoms with Gasteiger partial charge in [-0.2, -0.15) is 0 Å². The zero-order chi connectivity index (χ0) is 13.1. The van der Waals surface area contributed by atoms with Gasteiger partial charge in [-0.15, -0.1) is 0 Å². The monoisotopic (exact) mass is 285 g/mol. The molecule has 0 saturated carbocycles. The van der Waals surface area contributed by atoms with Crippen LogP contribution < -0.4 is 5.32 Å². The van der Waals surface area contributed by atoms with E-state index in [4.69, 9.17) is 23.2 Å². The third-order valence-electron chi connectivity index (χ3n) is 2.48. The van der Waals surface area contributed by atoms with Crippen LogP contribution in [0.3, 0.4) is 0 Å². The van der Waals surface area contributed by atoms with Crippen LogP contribution in [0.25, 0.3) is 0 Å². The smallest absolute Gasteiger partial charge is 0.143 e. The molecule has 0 bridgehead atoms. The van der Waals surface area contributed by atoms with E-state index in [2.05, 4.69) is 5.32 Å². The Morgan fingerprint density at radius 1 is 1.11 bits per heavy atom. The number of hydrogen-bond donors (Lipinski definition) is 2. The lowest BCUT2D eigenvalue weighted by atomic mass is 10.2. The minimum Gasteiger partial charge on any atom is -0.508 e. The van der Waals surface area contributed by atoms with Crippen molar-refractivity contribution in [3.05, 3.63) is 57.8 Å². The van der Waals surface area contributed by atoms with Gasteiger partial charge in [-0.1, -0.05) is 29.3 Å². The number of rotatable bonds is 3. The second kappa shape index (κ2) is 5.46. The molecule has 94 valence electrons. The Kier molecular flexibility index (Phi) is 3.94. The Morgan fingerprint density at radius 3 is 2.56 bits per heavy atom. The van der Waals surface area contributed by atoms with Gasteiger partial charge in [0, 0.05) is 22.8 Å². The first kappa shape index (κ1) is 13.0. The fraction of sp³-hybridized carbons (Fsp3) is 0.0769. The fourth-order valence-electron chi connectivity index (χ4n) is 1.52. The molecule has 0 fully saturated rings. The van der Waals surface area contributed by atoms with Crippen molar-refractivity contribution < 1.29 is 9.50 Å². The van der Waals surface area contributed by atoms with Crippen molar-refractivity contribution in [3.63, 3.8) is 0 Å². The molecule has 2 N–H and O–H groups in total. The summed E-state index contributed by atoms with van der Waals surface area (Å²) in [5.74, 6) is -0.394. The van der Waals surface area contributed by atoms with Crippen molar-refractivity contribution in [1.29, 1.82) is 0 Å². The lowest BCUT2D eigenvalue weighted by molar-refractivity contribution is 0.469. The Balaban J connectivity index is 2.14. The number of anilines is 1. The van der Waals surface area contributed by atoms with E-state index < -0.39 is 5.82 Å². The molecule has 0 heterocycles. The zero-order valence-corrected chi connectivity index (χ0v) is 10.8. The summed E-state index contributed by atoms with van der Waals surface area (Å²) < 4.78 is 13.2. The van der Waals surface area contributed by atoms with Gasteiger partial charge in [-0.3, -0.25) is 0 Å². The third-order valence-corrected chi connectivity index (χ3v) is 3.14. The first-order valence-electron chi connectivity index (χ1n) is 5.23. The van der Waals surface area contributed by atoms with Crippen LogP contribution >= 0.6 is 23.2 Å². The highest BCUT2D eigenvalue weighted by molar-refractivity contribution is 6.31. The van der Waals surface area contributed by atoms with Gasteiger partial charge >= 0.3 is 0 Å². The van der Waals surface area contributed by atoms with Gasteiger partial charge in [0.05, 0.1) is 5.02 Å². The van der Waals surface area contributed by atoms with Crippen LogP contribution in [-0.4, -0.2) is 5.11 Å². The highest BCUT2D eigenvalue weighted by Gasteiger charge is 2.06. The summed E-state index contributed by atoms with van der Waals surface area (Å²) in [4.78, 5) is 0. The van der Waals surface area contributed by atoms with Gasteiger partial charge in [-0.05, 0) is 30.3 Å². The predicted octanol–water partition coefficient (Wildman–Crippen LogP) is 4.45. The summed E-state index contributed by atoms with van der Waals surface area (Å²) in [7, 11) is 0. The van der Waals surface area contributed by atoms with E-state index in [0.29, 0.717) is 22.8 Å². The standard InChI is InChI=1S/C13H10Cl2FNO/c14-10-2-1-3-13(18)9(10)7-17-8-4-5-11(15)12(16)6-8/h1-6,17-18H,7H2. The Labute approximate surface area is 114 Å². The molecule has 0 spiro atoms. The van der Waals surface area contributed by atoms with Gasteiger partial charge in [0.25, 0.3) is 0 Å². The van der Waals surface area contributed by atoms with Gasteiger partial charge < -0.3 is 10.4 Å². The number of nitrogens with one attached hydrogen (secondary N) is 1. The highest BCUT2D eigenvalue weighted by atomic mass is 35.5. The molecule has 2 aromatic carbocycles. The summed E-state index contributed by atoms with van der Waals surface area (Å²) >= 11 is 11.5. The van der Waals surface area contributed by atoms with Crippen LogP contribution in [0.4, 0.5) is 10.1 Å². The Bertz CT molecular complexity index is 555. The molecule has 0 aliphatic rings. The highest BCUT2D eigenvalue weighted by Crippen LogP contribution is 2.26. The minimum atomic E-state index is -0.495.